The Balaban J connectivity index is 0.000000602. The second-order valence-electron chi connectivity index (χ2n) is 6.48. The first-order valence-electron chi connectivity index (χ1n) is 10.6. The van der Waals surface area contributed by atoms with Gasteiger partial charge in [-0.2, -0.15) is 0 Å². The number of hydrogen-bond acceptors (Lipinski definition) is 4. The van der Waals surface area contributed by atoms with E-state index < -0.39 is 0 Å². The van der Waals surface area contributed by atoms with Crippen LogP contribution in [0.4, 0.5) is 0 Å². The molecule has 0 aromatic heterocycles. The minimum Gasteiger partial charge on any atom is -0.759 e. The van der Waals surface area contributed by atoms with Crippen molar-refractivity contribution in [2.75, 3.05) is 26.2 Å². The molecule has 4 nitrogen and oxygen atoms in total. The summed E-state index contributed by atoms with van der Waals surface area (Å²) in [5.41, 5.74) is 1.87. The molecule has 0 aliphatic carbocycles. The van der Waals surface area contributed by atoms with Crippen molar-refractivity contribution < 1.29 is 16.5 Å². The van der Waals surface area contributed by atoms with Gasteiger partial charge in [0.05, 0.1) is 0 Å². The number of benzene rings is 2. The first-order chi connectivity index (χ1) is 15.4. The monoisotopic (exact) mass is 560 g/mol. The van der Waals surface area contributed by atoms with Gasteiger partial charge >= 0.3 is 16.5 Å². The van der Waals surface area contributed by atoms with Gasteiger partial charge in [-0.05, 0) is 63.3 Å². The third kappa shape index (κ3) is 11.5. The average molecular weight is 561 g/mol. The van der Waals surface area contributed by atoms with Gasteiger partial charge in [-0.15, -0.1) is 0 Å². The first-order valence-corrected chi connectivity index (χ1v) is 12.2. The maximum absolute atomic E-state index is 5.23. The van der Waals surface area contributed by atoms with Gasteiger partial charge in [0.15, 0.2) is 10.2 Å². The molecule has 0 atom stereocenters. The molecule has 0 spiro atoms. The van der Waals surface area contributed by atoms with E-state index >= 15 is 0 Å². The second-order valence-corrected chi connectivity index (χ2v) is 7.98. The Hall–Kier alpha value is -1.51. The van der Waals surface area contributed by atoms with Crippen LogP contribution in [0.1, 0.15) is 38.8 Å². The van der Waals surface area contributed by atoms with Crippen LogP contribution in [-0.4, -0.2) is 56.3 Å². The molecule has 0 aliphatic heterocycles. The largest absolute Gasteiger partial charge is 2.00 e. The van der Waals surface area contributed by atoms with E-state index in [1.165, 1.54) is 0 Å². The number of aliphatic imine (C=N–C) groups is 2. The molecule has 0 unspecified atom stereocenters. The Labute approximate surface area is 230 Å². The molecule has 2 aromatic rings. The number of hydrogen-bond donors (Lipinski definition) is 0. The van der Waals surface area contributed by atoms with E-state index in [1.807, 2.05) is 70.5 Å². The maximum atomic E-state index is 5.23. The molecule has 0 aliphatic rings. The van der Waals surface area contributed by atoms with Crippen LogP contribution in [-0.2, 0) is 41.7 Å². The Bertz CT molecular complexity index is 822. The SMILES string of the molecule is CCN(CC)C(=S)/N=C(\[S-])c1ccccc1.CCN(CC)C(=S)/N=C(\[S-])c1ccccc1.[Ni+2]. The van der Waals surface area contributed by atoms with Crippen LogP contribution in [0.25, 0.3) is 0 Å². The zero-order chi connectivity index (χ0) is 23.9. The Morgan fingerprint density at radius 1 is 0.636 bits per heavy atom. The Morgan fingerprint density at radius 3 is 1.15 bits per heavy atom. The zero-order valence-electron chi connectivity index (χ0n) is 19.3. The smallest absolute Gasteiger partial charge is 0.759 e. The van der Waals surface area contributed by atoms with E-state index in [2.05, 4.69) is 37.7 Å². The molecule has 0 amide bonds. The van der Waals surface area contributed by atoms with Crippen LogP contribution in [0.3, 0.4) is 0 Å². The number of rotatable bonds is 6. The van der Waals surface area contributed by atoms with Crippen LogP contribution < -0.4 is 0 Å². The van der Waals surface area contributed by atoms with Gasteiger partial charge in [-0.1, -0.05) is 70.8 Å². The summed E-state index contributed by atoms with van der Waals surface area (Å²) in [6.45, 7) is 11.6. The predicted octanol–water partition coefficient (Wildman–Crippen LogP) is 5.21. The van der Waals surface area contributed by atoms with Crippen molar-refractivity contribution in [3.05, 3.63) is 71.8 Å². The molecule has 180 valence electrons. The molecule has 33 heavy (non-hydrogen) atoms. The van der Waals surface area contributed by atoms with Crippen molar-refractivity contribution in [1.82, 2.24) is 9.80 Å². The summed E-state index contributed by atoms with van der Waals surface area (Å²) in [7, 11) is 0. The van der Waals surface area contributed by atoms with Gasteiger partial charge < -0.3 is 35.1 Å². The summed E-state index contributed by atoms with van der Waals surface area (Å²) in [6, 6.07) is 19.4. The Morgan fingerprint density at radius 2 is 0.909 bits per heavy atom. The van der Waals surface area contributed by atoms with E-state index in [0.29, 0.717) is 20.3 Å². The Kier molecular flexibility index (Phi) is 17.1. The normalized spacial score (nSPS) is 10.9. The molecule has 9 heteroatoms. The van der Waals surface area contributed by atoms with Crippen LogP contribution in [0.2, 0.25) is 0 Å². The van der Waals surface area contributed by atoms with E-state index in [4.69, 9.17) is 49.7 Å². The van der Waals surface area contributed by atoms with Crippen LogP contribution in [0, 0.1) is 0 Å². The molecule has 0 fully saturated rings. The second kappa shape index (κ2) is 17.9. The van der Waals surface area contributed by atoms with Crippen molar-refractivity contribution >= 4 is 70.0 Å². The molecular formula is C24H30N4NiS4. The maximum Gasteiger partial charge on any atom is 2.00 e. The van der Waals surface area contributed by atoms with Gasteiger partial charge in [0, 0.05) is 26.2 Å². The molecule has 0 saturated heterocycles. The topological polar surface area (TPSA) is 31.2 Å². The minimum absolute atomic E-state index is 0. The van der Waals surface area contributed by atoms with E-state index in [1.54, 1.807) is 0 Å². The third-order valence-electron chi connectivity index (χ3n) is 4.50. The zero-order valence-corrected chi connectivity index (χ0v) is 23.6. The summed E-state index contributed by atoms with van der Waals surface area (Å²) in [6.07, 6.45) is 0. The van der Waals surface area contributed by atoms with Gasteiger partial charge in [0.2, 0.25) is 0 Å². The molecule has 2 rings (SSSR count). The third-order valence-corrected chi connectivity index (χ3v) is 5.86. The van der Waals surface area contributed by atoms with E-state index in [0.717, 1.165) is 37.3 Å². The molecular weight excluding hydrogens is 531 g/mol. The minimum atomic E-state index is 0. The van der Waals surface area contributed by atoms with Crippen LogP contribution in [0.15, 0.2) is 70.6 Å². The summed E-state index contributed by atoms with van der Waals surface area (Å²) in [4.78, 5) is 12.6. The molecule has 0 saturated carbocycles. The van der Waals surface area contributed by atoms with Crippen LogP contribution >= 0.6 is 24.4 Å². The molecule has 2 aromatic carbocycles. The van der Waals surface area contributed by atoms with Crippen molar-refractivity contribution in [3.63, 3.8) is 0 Å². The van der Waals surface area contributed by atoms with Gasteiger partial charge in [-0.25, -0.2) is 9.98 Å². The summed E-state index contributed by atoms with van der Waals surface area (Å²) in [5, 5.41) is 2.24. The predicted molar refractivity (Wildman–Crippen MR) is 152 cm³/mol. The number of thiocarbonyl (C=S) groups is 2. The molecule has 0 heterocycles. The van der Waals surface area contributed by atoms with Gasteiger partial charge in [0.25, 0.3) is 0 Å². The van der Waals surface area contributed by atoms with Crippen molar-refractivity contribution in [1.29, 1.82) is 0 Å². The first kappa shape index (κ1) is 31.5. The van der Waals surface area contributed by atoms with E-state index in [-0.39, 0.29) is 16.5 Å². The average Bonchev–Trinajstić information content (AvgIpc) is 2.82. The van der Waals surface area contributed by atoms with Gasteiger partial charge in [-0.3, -0.25) is 0 Å². The van der Waals surface area contributed by atoms with Gasteiger partial charge in [0.1, 0.15) is 0 Å². The van der Waals surface area contributed by atoms with Crippen LogP contribution in [0.5, 0.6) is 0 Å². The summed E-state index contributed by atoms with van der Waals surface area (Å²) < 4.78 is 0. The van der Waals surface area contributed by atoms with Crippen molar-refractivity contribution in [2.24, 2.45) is 9.98 Å². The molecule has 0 N–H and O–H groups in total. The number of nitrogens with zero attached hydrogens (tertiary/aromatic N) is 4. The van der Waals surface area contributed by atoms with E-state index in [9.17, 15) is 0 Å². The summed E-state index contributed by atoms with van der Waals surface area (Å²) >= 11 is 20.9. The van der Waals surface area contributed by atoms with Crippen molar-refractivity contribution in [2.45, 2.75) is 27.7 Å². The fourth-order valence-electron chi connectivity index (χ4n) is 2.59. The molecule has 0 radical (unpaired) electrons. The quantitative estimate of drug-likeness (QED) is 0.158. The summed E-state index contributed by atoms with van der Waals surface area (Å²) in [5.74, 6) is 0. The standard InChI is InChI=1S/2C12H16N2S2.Ni/c2*1-3-14(4-2)12(16)13-11(15)10-8-6-5-7-9-10;/h2*5-9H,3-4H2,1-2H3,(H,13,15,16);/q;;+2/p-2. The van der Waals surface area contributed by atoms with Crippen molar-refractivity contribution in [3.8, 4) is 0 Å². The fraction of sp³-hybridized carbons (Fsp3) is 0.333. The molecule has 0 bridgehead atoms. The fourth-order valence-corrected chi connectivity index (χ4v) is 3.85.